The standard InChI is InChI=1S/C27H30FN3O2/c1-27(26(33)29-22-12-4-2-3-5-13-22)18-30-23-14-7-6-10-20(23)16-24(30)25(32)31(27)17-19-9-8-11-21(28)15-19/h6-11,14-16,22H,2-5,12-13,17-18H2,1H3,(H,29,33). The van der Waals surface area contributed by atoms with E-state index in [2.05, 4.69) is 5.32 Å². The van der Waals surface area contributed by atoms with E-state index in [9.17, 15) is 14.0 Å². The Morgan fingerprint density at radius 1 is 1.06 bits per heavy atom. The molecule has 1 unspecified atom stereocenters. The third-order valence-electron chi connectivity index (χ3n) is 7.25. The molecule has 0 saturated heterocycles. The van der Waals surface area contributed by atoms with Crippen LogP contribution in [0, 0.1) is 5.82 Å². The van der Waals surface area contributed by atoms with Gasteiger partial charge in [0.1, 0.15) is 17.1 Å². The minimum Gasteiger partial charge on any atom is -0.351 e. The van der Waals surface area contributed by atoms with E-state index in [-0.39, 0.29) is 30.2 Å². The minimum absolute atomic E-state index is 0.130. The van der Waals surface area contributed by atoms with Gasteiger partial charge in [0.2, 0.25) is 5.91 Å². The summed E-state index contributed by atoms with van der Waals surface area (Å²) in [6, 6.07) is 16.1. The molecule has 2 heterocycles. The van der Waals surface area contributed by atoms with Gasteiger partial charge in [-0.25, -0.2) is 4.39 Å². The topological polar surface area (TPSA) is 54.3 Å². The van der Waals surface area contributed by atoms with Gasteiger partial charge in [0.15, 0.2) is 0 Å². The number of carbonyl (C=O) groups excluding carboxylic acids is 2. The smallest absolute Gasteiger partial charge is 0.271 e. The van der Waals surface area contributed by atoms with Gasteiger partial charge >= 0.3 is 0 Å². The van der Waals surface area contributed by atoms with E-state index < -0.39 is 5.54 Å². The highest BCUT2D eigenvalue weighted by atomic mass is 19.1. The van der Waals surface area contributed by atoms with Crippen LogP contribution >= 0.6 is 0 Å². The van der Waals surface area contributed by atoms with E-state index in [1.807, 2.05) is 41.8 Å². The summed E-state index contributed by atoms with van der Waals surface area (Å²) in [4.78, 5) is 29.2. The summed E-state index contributed by atoms with van der Waals surface area (Å²) in [5.74, 6) is -0.696. The minimum atomic E-state index is -1.09. The predicted octanol–water partition coefficient (Wildman–Crippen LogP) is 5.03. The predicted molar refractivity (Wildman–Crippen MR) is 126 cm³/mol. The second-order valence-corrected chi connectivity index (χ2v) is 9.63. The van der Waals surface area contributed by atoms with Crippen LogP contribution in [0.15, 0.2) is 54.6 Å². The number of rotatable bonds is 4. The van der Waals surface area contributed by atoms with Gasteiger partial charge in [0, 0.05) is 23.5 Å². The Morgan fingerprint density at radius 2 is 1.82 bits per heavy atom. The van der Waals surface area contributed by atoms with Crippen molar-refractivity contribution in [2.45, 2.75) is 70.1 Å². The first-order valence-corrected chi connectivity index (χ1v) is 11.9. The lowest BCUT2D eigenvalue weighted by molar-refractivity contribution is -0.134. The summed E-state index contributed by atoms with van der Waals surface area (Å²) in [5.41, 5.74) is 1.08. The average molecular weight is 448 g/mol. The number of fused-ring (bicyclic) bond motifs is 3. The van der Waals surface area contributed by atoms with Crippen molar-refractivity contribution >= 4 is 22.7 Å². The van der Waals surface area contributed by atoms with Crippen LogP contribution in [0.4, 0.5) is 4.39 Å². The molecule has 0 radical (unpaired) electrons. The van der Waals surface area contributed by atoms with E-state index in [1.165, 1.54) is 25.0 Å². The van der Waals surface area contributed by atoms with Crippen LogP contribution in [0.25, 0.3) is 10.9 Å². The molecule has 2 aliphatic rings. The summed E-state index contributed by atoms with van der Waals surface area (Å²) in [6.07, 6.45) is 6.56. The van der Waals surface area contributed by atoms with Gasteiger partial charge in [0.05, 0.1) is 6.54 Å². The third kappa shape index (κ3) is 4.03. The lowest BCUT2D eigenvalue weighted by atomic mass is 9.93. The summed E-state index contributed by atoms with van der Waals surface area (Å²) >= 11 is 0. The van der Waals surface area contributed by atoms with Crippen molar-refractivity contribution in [1.29, 1.82) is 0 Å². The molecule has 172 valence electrons. The van der Waals surface area contributed by atoms with Gasteiger partial charge in [-0.15, -0.1) is 0 Å². The van der Waals surface area contributed by atoms with Crippen molar-refractivity contribution in [3.8, 4) is 0 Å². The zero-order valence-electron chi connectivity index (χ0n) is 19.0. The molecular formula is C27H30FN3O2. The van der Waals surface area contributed by atoms with Crippen molar-refractivity contribution in [1.82, 2.24) is 14.8 Å². The second-order valence-electron chi connectivity index (χ2n) is 9.63. The van der Waals surface area contributed by atoms with Crippen LogP contribution in [0.2, 0.25) is 0 Å². The van der Waals surface area contributed by atoms with Crippen LogP contribution < -0.4 is 5.32 Å². The number of nitrogens with zero attached hydrogens (tertiary/aromatic N) is 2. The molecule has 2 amide bonds. The number of hydrogen-bond acceptors (Lipinski definition) is 2. The zero-order valence-corrected chi connectivity index (χ0v) is 19.0. The maximum atomic E-state index is 13.9. The molecule has 1 aromatic heterocycles. The summed E-state index contributed by atoms with van der Waals surface area (Å²) in [6.45, 7) is 2.37. The van der Waals surface area contributed by atoms with Gasteiger partial charge in [-0.2, -0.15) is 0 Å². The maximum absolute atomic E-state index is 13.9. The lowest BCUT2D eigenvalue weighted by Gasteiger charge is -2.44. The normalized spacial score (nSPS) is 21.6. The molecule has 3 aromatic rings. The van der Waals surface area contributed by atoms with Crippen molar-refractivity contribution < 1.29 is 14.0 Å². The van der Waals surface area contributed by atoms with E-state index in [0.29, 0.717) is 17.8 Å². The van der Waals surface area contributed by atoms with E-state index >= 15 is 0 Å². The molecule has 0 bridgehead atoms. The zero-order chi connectivity index (χ0) is 23.0. The fourth-order valence-electron chi connectivity index (χ4n) is 5.34. The van der Waals surface area contributed by atoms with Crippen molar-refractivity contribution in [3.63, 3.8) is 0 Å². The maximum Gasteiger partial charge on any atom is 0.271 e. The van der Waals surface area contributed by atoms with E-state index in [4.69, 9.17) is 0 Å². The van der Waals surface area contributed by atoms with E-state index in [1.54, 1.807) is 17.0 Å². The summed E-state index contributed by atoms with van der Waals surface area (Å²) < 4.78 is 15.9. The molecule has 1 aliphatic carbocycles. The molecule has 1 saturated carbocycles. The highest BCUT2D eigenvalue weighted by molar-refractivity contribution is 6.03. The first-order chi connectivity index (χ1) is 16.0. The van der Waals surface area contributed by atoms with Crippen LogP contribution in [0.3, 0.4) is 0 Å². The molecule has 1 fully saturated rings. The van der Waals surface area contributed by atoms with Gasteiger partial charge < -0.3 is 14.8 Å². The number of nitrogens with one attached hydrogen (secondary N) is 1. The Kier molecular flexibility index (Phi) is 5.69. The molecule has 1 atom stereocenters. The second kappa shape index (κ2) is 8.65. The van der Waals surface area contributed by atoms with Gasteiger partial charge in [-0.1, -0.05) is 56.0 Å². The number of amides is 2. The summed E-state index contributed by atoms with van der Waals surface area (Å²) in [5, 5.41) is 4.24. The number of hydrogen-bond donors (Lipinski definition) is 1. The fraction of sp³-hybridized carbons (Fsp3) is 0.407. The Balaban J connectivity index is 1.54. The Labute approximate surface area is 193 Å². The highest BCUT2D eigenvalue weighted by Gasteiger charge is 2.48. The average Bonchev–Trinajstić information content (AvgIpc) is 2.97. The van der Waals surface area contributed by atoms with E-state index in [0.717, 1.165) is 36.6 Å². The molecule has 6 heteroatoms. The first kappa shape index (κ1) is 21.7. The molecule has 1 aliphatic heterocycles. The molecule has 5 rings (SSSR count). The van der Waals surface area contributed by atoms with Crippen LogP contribution in [-0.4, -0.2) is 32.9 Å². The number of benzene rings is 2. The van der Waals surface area contributed by atoms with Gasteiger partial charge in [0.25, 0.3) is 5.91 Å². The third-order valence-corrected chi connectivity index (χ3v) is 7.25. The molecule has 33 heavy (non-hydrogen) atoms. The Morgan fingerprint density at radius 3 is 2.58 bits per heavy atom. The number of halogens is 1. The lowest BCUT2D eigenvalue weighted by Crippen LogP contribution is -2.64. The van der Waals surface area contributed by atoms with Crippen LogP contribution in [-0.2, 0) is 17.9 Å². The van der Waals surface area contributed by atoms with Gasteiger partial charge in [-0.05, 0) is 49.6 Å². The number of carbonyl (C=O) groups is 2. The van der Waals surface area contributed by atoms with Gasteiger partial charge in [-0.3, -0.25) is 9.59 Å². The summed E-state index contributed by atoms with van der Waals surface area (Å²) in [7, 11) is 0. The van der Waals surface area contributed by atoms with Crippen molar-refractivity contribution in [3.05, 3.63) is 71.7 Å². The largest absolute Gasteiger partial charge is 0.351 e. The molecular weight excluding hydrogens is 417 g/mol. The first-order valence-electron chi connectivity index (χ1n) is 11.9. The molecule has 5 nitrogen and oxygen atoms in total. The molecule has 1 N–H and O–H groups in total. The molecule has 2 aromatic carbocycles. The van der Waals surface area contributed by atoms with Crippen molar-refractivity contribution in [2.75, 3.05) is 0 Å². The quantitative estimate of drug-likeness (QED) is 0.570. The fourth-order valence-corrected chi connectivity index (χ4v) is 5.34. The molecule has 0 spiro atoms. The number of aromatic nitrogens is 1. The number of para-hydroxylation sites is 1. The van der Waals surface area contributed by atoms with Crippen LogP contribution in [0.1, 0.15) is 61.5 Å². The Hall–Kier alpha value is -3.15. The SMILES string of the molecule is CC1(C(=O)NC2CCCCCC2)Cn2c(cc3ccccc32)C(=O)N1Cc1cccc(F)c1. The Bertz CT molecular complexity index is 1200. The monoisotopic (exact) mass is 447 g/mol. The van der Waals surface area contributed by atoms with Crippen molar-refractivity contribution in [2.24, 2.45) is 0 Å². The highest BCUT2D eigenvalue weighted by Crippen LogP contribution is 2.34. The van der Waals surface area contributed by atoms with Crippen LogP contribution in [0.5, 0.6) is 0 Å².